The van der Waals surface area contributed by atoms with E-state index in [1.54, 1.807) is 13.0 Å². The highest BCUT2D eigenvalue weighted by molar-refractivity contribution is 7.89. The molecule has 0 saturated heterocycles. The zero-order chi connectivity index (χ0) is 20.5. The van der Waals surface area contributed by atoms with Crippen LogP contribution in [0.3, 0.4) is 0 Å². The maximum absolute atomic E-state index is 13.5. The van der Waals surface area contributed by atoms with Gasteiger partial charge in [0.25, 0.3) is 0 Å². The van der Waals surface area contributed by atoms with Crippen LogP contribution in [-0.4, -0.2) is 23.2 Å². The van der Waals surface area contributed by atoms with Crippen molar-refractivity contribution in [2.24, 2.45) is 15.4 Å². The molecule has 0 aliphatic carbocycles. The van der Waals surface area contributed by atoms with E-state index >= 15 is 0 Å². The van der Waals surface area contributed by atoms with Crippen molar-refractivity contribution in [2.45, 2.75) is 18.4 Å². The Bertz CT molecular complexity index is 1200. The molecule has 3 rings (SSSR count). The third-order valence-corrected chi connectivity index (χ3v) is 5.04. The Balaban J connectivity index is 1.88. The number of hydrogen-bond acceptors (Lipinski definition) is 5. The van der Waals surface area contributed by atoms with Gasteiger partial charge < -0.3 is 15.0 Å². The number of rotatable bonds is 4. The lowest BCUT2D eigenvalue weighted by molar-refractivity contribution is 0.427. The first-order chi connectivity index (χ1) is 13.2. The monoisotopic (exact) mass is 421 g/mol. The van der Waals surface area contributed by atoms with E-state index in [9.17, 15) is 17.9 Å². The molecule has 0 aliphatic heterocycles. The number of halogens is 1. The van der Waals surface area contributed by atoms with Crippen LogP contribution in [0.25, 0.3) is 10.9 Å². The lowest BCUT2D eigenvalue weighted by Crippen LogP contribution is -2.13. The molecular formula is C17H16FN5O3S2. The van der Waals surface area contributed by atoms with Gasteiger partial charge in [-0.1, -0.05) is 6.07 Å². The summed E-state index contributed by atoms with van der Waals surface area (Å²) in [6.45, 7) is 2.21. The summed E-state index contributed by atoms with van der Waals surface area (Å²) in [6, 6.07) is 9.79. The number of nitrogens with zero attached hydrogens (tertiary/aromatic N) is 3. The average molecular weight is 421 g/mol. The molecule has 28 heavy (non-hydrogen) atoms. The summed E-state index contributed by atoms with van der Waals surface area (Å²) in [5.74, 6) is -0.596. The number of aromatic nitrogens is 1. The van der Waals surface area contributed by atoms with Gasteiger partial charge in [-0.15, -0.1) is 10.2 Å². The third-order valence-electron chi connectivity index (χ3n) is 3.94. The van der Waals surface area contributed by atoms with E-state index < -0.39 is 15.8 Å². The van der Waals surface area contributed by atoms with Crippen molar-refractivity contribution in [3.05, 3.63) is 48.3 Å². The predicted octanol–water partition coefficient (Wildman–Crippen LogP) is 3.63. The summed E-state index contributed by atoms with van der Waals surface area (Å²) in [7, 11) is -3.85. The van der Waals surface area contributed by atoms with E-state index in [2.05, 4.69) is 15.5 Å². The Labute approximate surface area is 165 Å². The lowest BCUT2D eigenvalue weighted by atomic mass is 10.2. The summed E-state index contributed by atoms with van der Waals surface area (Å²) in [5, 5.41) is 26.5. The van der Waals surface area contributed by atoms with Gasteiger partial charge in [0.05, 0.1) is 10.4 Å². The molecule has 0 saturated carbocycles. The van der Waals surface area contributed by atoms with E-state index in [4.69, 9.17) is 17.4 Å². The van der Waals surface area contributed by atoms with E-state index in [-0.39, 0.29) is 21.6 Å². The van der Waals surface area contributed by atoms with Crippen molar-refractivity contribution in [2.75, 3.05) is 5.32 Å². The molecule has 2 aromatic carbocycles. The Morgan fingerprint density at radius 2 is 2.07 bits per heavy atom. The normalized spacial score (nSPS) is 12.0. The van der Waals surface area contributed by atoms with Crippen LogP contribution in [0.15, 0.2) is 57.6 Å². The maximum Gasteiger partial charge on any atom is 0.238 e. The zero-order valence-electron chi connectivity index (χ0n) is 14.6. The van der Waals surface area contributed by atoms with Crippen LogP contribution in [0, 0.1) is 5.82 Å². The molecule has 4 N–H and O–H groups in total. The molecule has 11 heteroatoms. The lowest BCUT2D eigenvalue weighted by Gasteiger charge is -2.05. The second-order valence-electron chi connectivity index (χ2n) is 5.78. The molecule has 0 spiro atoms. The molecule has 0 radical (unpaired) electrons. The van der Waals surface area contributed by atoms with E-state index in [0.717, 1.165) is 0 Å². The van der Waals surface area contributed by atoms with Gasteiger partial charge in [-0.25, -0.2) is 17.9 Å². The average Bonchev–Trinajstić information content (AvgIpc) is 2.89. The summed E-state index contributed by atoms with van der Waals surface area (Å²) in [5.41, 5.74) is 0.991. The number of hydrogen-bond donors (Lipinski definition) is 3. The highest BCUT2D eigenvalue weighted by Gasteiger charge is 2.16. The SMILES string of the molecule is CCn1c(O)c(N=NC(=S)Nc2cccc(S(N)(=O)=O)c2)c2ccc(F)cc21. The Morgan fingerprint density at radius 3 is 2.75 bits per heavy atom. The second-order valence-corrected chi connectivity index (χ2v) is 7.73. The second kappa shape index (κ2) is 7.62. The fourth-order valence-electron chi connectivity index (χ4n) is 2.70. The number of benzene rings is 2. The van der Waals surface area contributed by atoms with Gasteiger partial charge in [-0.3, -0.25) is 0 Å². The van der Waals surface area contributed by atoms with Crippen molar-refractivity contribution >= 4 is 49.6 Å². The van der Waals surface area contributed by atoms with Gasteiger partial charge in [0.1, 0.15) is 5.82 Å². The Kier molecular flexibility index (Phi) is 5.40. The number of nitrogens with one attached hydrogen (secondary N) is 1. The number of fused-ring (bicyclic) bond motifs is 1. The van der Waals surface area contributed by atoms with Gasteiger partial charge in [0, 0.05) is 17.6 Å². The number of aromatic hydroxyl groups is 1. The van der Waals surface area contributed by atoms with Crippen molar-refractivity contribution in [3.63, 3.8) is 0 Å². The molecule has 0 unspecified atom stereocenters. The van der Waals surface area contributed by atoms with E-state index in [1.807, 2.05) is 0 Å². The molecule has 0 fully saturated rings. The van der Waals surface area contributed by atoms with Gasteiger partial charge in [-0.05, 0) is 55.5 Å². The van der Waals surface area contributed by atoms with Crippen LogP contribution in [0.1, 0.15) is 6.92 Å². The quantitative estimate of drug-likeness (QED) is 0.439. The number of thiocarbonyl (C=S) groups is 1. The van der Waals surface area contributed by atoms with Crippen molar-refractivity contribution in [1.29, 1.82) is 0 Å². The fraction of sp³-hybridized carbons (Fsp3) is 0.118. The third kappa shape index (κ3) is 4.01. The Hall–Kier alpha value is -2.89. The van der Waals surface area contributed by atoms with Crippen LogP contribution in [0.2, 0.25) is 0 Å². The van der Waals surface area contributed by atoms with Crippen LogP contribution < -0.4 is 10.5 Å². The van der Waals surface area contributed by atoms with Crippen molar-refractivity contribution < 1.29 is 17.9 Å². The molecule has 8 nitrogen and oxygen atoms in total. The van der Waals surface area contributed by atoms with Crippen molar-refractivity contribution in [1.82, 2.24) is 4.57 Å². The first-order valence-electron chi connectivity index (χ1n) is 8.07. The van der Waals surface area contributed by atoms with Crippen LogP contribution in [0.4, 0.5) is 15.8 Å². The molecule has 0 aliphatic rings. The predicted molar refractivity (Wildman–Crippen MR) is 108 cm³/mol. The first kappa shape index (κ1) is 19.9. The topological polar surface area (TPSA) is 122 Å². The summed E-state index contributed by atoms with van der Waals surface area (Å²) >= 11 is 5.09. The highest BCUT2D eigenvalue weighted by Crippen LogP contribution is 2.39. The molecule has 3 aromatic rings. The molecule has 0 bridgehead atoms. The van der Waals surface area contributed by atoms with Crippen LogP contribution in [-0.2, 0) is 16.6 Å². The molecule has 0 amide bonds. The molecule has 0 atom stereocenters. The summed E-state index contributed by atoms with van der Waals surface area (Å²) in [6.07, 6.45) is 0. The fourth-order valence-corrected chi connectivity index (χ4v) is 3.42. The number of aryl methyl sites for hydroxylation is 1. The molecule has 1 heterocycles. The molecular weight excluding hydrogens is 405 g/mol. The number of azo groups is 1. The standard InChI is InChI=1S/C17H16FN5O3S2/c1-2-23-14-8-10(18)6-7-13(14)15(16(23)24)21-22-17(27)20-11-4-3-5-12(9-11)28(19,25)26/h3-9,24H,2H2,1H3,(H,20,27)(H2,19,25,26). The summed E-state index contributed by atoms with van der Waals surface area (Å²) in [4.78, 5) is -0.0806. The number of primary sulfonamides is 1. The minimum absolute atomic E-state index is 0.0644. The zero-order valence-corrected chi connectivity index (χ0v) is 16.3. The van der Waals surface area contributed by atoms with Gasteiger partial charge in [0.2, 0.25) is 21.0 Å². The van der Waals surface area contributed by atoms with E-state index in [1.165, 1.54) is 41.0 Å². The van der Waals surface area contributed by atoms with Gasteiger partial charge in [-0.2, -0.15) is 0 Å². The largest absolute Gasteiger partial charge is 0.493 e. The van der Waals surface area contributed by atoms with Crippen LogP contribution in [0.5, 0.6) is 5.88 Å². The van der Waals surface area contributed by atoms with Crippen LogP contribution >= 0.6 is 12.2 Å². The highest BCUT2D eigenvalue weighted by atomic mass is 32.2. The minimum atomic E-state index is -3.85. The minimum Gasteiger partial charge on any atom is -0.493 e. The first-order valence-corrected chi connectivity index (χ1v) is 10.0. The molecule has 1 aromatic heterocycles. The van der Waals surface area contributed by atoms with Crippen molar-refractivity contribution in [3.8, 4) is 5.88 Å². The smallest absolute Gasteiger partial charge is 0.238 e. The van der Waals surface area contributed by atoms with Gasteiger partial charge >= 0.3 is 0 Å². The number of anilines is 1. The van der Waals surface area contributed by atoms with Gasteiger partial charge in [0.15, 0.2) is 5.69 Å². The van der Waals surface area contributed by atoms with E-state index in [0.29, 0.717) is 23.1 Å². The summed E-state index contributed by atoms with van der Waals surface area (Å²) < 4.78 is 37.9. The number of nitrogens with two attached hydrogens (primary N) is 1. The maximum atomic E-state index is 13.5. The number of sulfonamides is 1. The molecule has 146 valence electrons. The Morgan fingerprint density at radius 1 is 1.32 bits per heavy atom.